The third-order valence-electron chi connectivity index (χ3n) is 6.21. The number of carbonyl (C=O) groups is 2. The summed E-state index contributed by atoms with van der Waals surface area (Å²) >= 11 is 0. The van der Waals surface area contributed by atoms with Crippen LogP contribution in [0, 0.1) is 18.6 Å². The van der Waals surface area contributed by atoms with Crippen molar-refractivity contribution in [1.29, 1.82) is 0 Å². The van der Waals surface area contributed by atoms with E-state index in [2.05, 4.69) is 10.3 Å². The second-order valence-corrected chi connectivity index (χ2v) is 8.85. The molecule has 0 radical (unpaired) electrons. The van der Waals surface area contributed by atoms with Crippen LogP contribution >= 0.6 is 0 Å². The first-order valence-corrected chi connectivity index (χ1v) is 12.1. The Morgan fingerprint density at radius 3 is 2.45 bits per heavy atom. The zero-order valence-electron chi connectivity index (χ0n) is 21.0. The molecule has 8 nitrogen and oxygen atoms in total. The topological polar surface area (TPSA) is 108 Å². The zero-order chi connectivity index (χ0) is 27.2. The maximum Gasteiger partial charge on any atom is 0.404 e. The number of nitrogens with zero attached hydrogens (tertiary/aromatic N) is 2. The van der Waals surface area contributed by atoms with Gasteiger partial charge in [-0.15, -0.1) is 0 Å². The first kappa shape index (κ1) is 26.6. The Morgan fingerprint density at radius 2 is 1.76 bits per heavy atom. The van der Waals surface area contributed by atoms with Crippen molar-refractivity contribution >= 4 is 17.6 Å². The van der Waals surface area contributed by atoms with Crippen LogP contribution < -0.4 is 15.8 Å². The number of imidazole rings is 1. The normalized spacial score (nSPS) is 12.6. The maximum absolute atomic E-state index is 14.0. The summed E-state index contributed by atoms with van der Waals surface area (Å²) in [4.78, 5) is 29.3. The number of aryl methyl sites for hydroxylation is 2. The lowest BCUT2D eigenvalue weighted by Crippen LogP contribution is -2.45. The number of rotatable bonds is 10. The molecule has 2 aromatic heterocycles. The van der Waals surface area contributed by atoms with E-state index < -0.39 is 35.8 Å². The van der Waals surface area contributed by atoms with E-state index in [1.165, 1.54) is 6.07 Å². The average Bonchev–Trinajstić information content (AvgIpc) is 3.22. The molecule has 38 heavy (non-hydrogen) atoms. The van der Waals surface area contributed by atoms with Gasteiger partial charge in [0.15, 0.2) is 11.4 Å². The Labute approximate surface area is 218 Å². The van der Waals surface area contributed by atoms with Gasteiger partial charge in [-0.2, -0.15) is 0 Å². The van der Waals surface area contributed by atoms with E-state index in [9.17, 15) is 18.4 Å². The van der Waals surface area contributed by atoms with Gasteiger partial charge in [-0.3, -0.25) is 9.20 Å². The number of pyridine rings is 1. The Kier molecular flexibility index (Phi) is 8.20. The number of carbonyl (C=O) groups excluding carboxylic acids is 2. The van der Waals surface area contributed by atoms with E-state index in [0.717, 1.165) is 17.7 Å². The van der Waals surface area contributed by atoms with Crippen molar-refractivity contribution in [2.24, 2.45) is 5.73 Å². The highest BCUT2D eigenvalue weighted by Gasteiger charge is 2.26. The average molecular weight is 523 g/mol. The molecule has 0 aliphatic carbocycles. The van der Waals surface area contributed by atoms with Crippen molar-refractivity contribution in [2.45, 2.75) is 45.4 Å². The number of nitrogens with two attached hydrogens (primary N) is 1. The Hall–Kier alpha value is -4.47. The molecule has 198 valence electrons. The summed E-state index contributed by atoms with van der Waals surface area (Å²) in [6.07, 6.45) is 1.14. The van der Waals surface area contributed by atoms with Gasteiger partial charge in [0.1, 0.15) is 30.0 Å². The van der Waals surface area contributed by atoms with Crippen molar-refractivity contribution in [2.75, 3.05) is 0 Å². The number of aromatic nitrogens is 2. The predicted molar refractivity (Wildman–Crippen MR) is 137 cm³/mol. The fourth-order valence-electron chi connectivity index (χ4n) is 4.26. The molecule has 0 bridgehead atoms. The molecular weight excluding hydrogens is 494 g/mol. The van der Waals surface area contributed by atoms with E-state index in [-0.39, 0.29) is 23.6 Å². The van der Waals surface area contributed by atoms with E-state index in [1.807, 2.05) is 30.3 Å². The Morgan fingerprint density at radius 1 is 1.05 bits per heavy atom. The van der Waals surface area contributed by atoms with Crippen LogP contribution in [0.4, 0.5) is 13.6 Å². The molecule has 0 saturated carbocycles. The van der Waals surface area contributed by atoms with Crippen molar-refractivity contribution in [3.05, 3.63) is 101 Å². The second-order valence-electron chi connectivity index (χ2n) is 8.85. The van der Waals surface area contributed by atoms with Crippen molar-refractivity contribution in [1.82, 2.24) is 14.7 Å². The number of nitrogens with one attached hydrogen (secondary N) is 1. The monoisotopic (exact) mass is 522 g/mol. The van der Waals surface area contributed by atoms with Gasteiger partial charge >= 0.3 is 6.09 Å². The van der Waals surface area contributed by atoms with Crippen molar-refractivity contribution in [3.63, 3.8) is 0 Å². The van der Waals surface area contributed by atoms with E-state index in [0.29, 0.717) is 24.2 Å². The largest absolute Gasteiger partial charge is 0.485 e. The number of amides is 2. The summed E-state index contributed by atoms with van der Waals surface area (Å²) in [6, 6.07) is 16.0. The van der Waals surface area contributed by atoms with Crippen LogP contribution in [-0.2, 0) is 17.8 Å². The molecule has 0 aliphatic rings. The molecule has 4 aromatic rings. The lowest BCUT2D eigenvalue weighted by atomic mass is 10.0. The third-order valence-corrected chi connectivity index (χ3v) is 6.21. The lowest BCUT2D eigenvalue weighted by molar-refractivity contribution is 0.0740. The maximum atomic E-state index is 14.0. The molecule has 3 N–H and O–H groups in total. The lowest BCUT2D eigenvalue weighted by Gasteiger charge is -2.24. The number of ether oxygens (including phenoxy) is 2. The van der Waals surface area contributed by atoms with Crippen molar-refractivity contribution < 1.29 is 27.8 Å². The van der Waals surface area contributed by atoms with Crippen LogP contribution in [0.1, 0.15) is 40.7 Å². The van der Waals surface area contributed by atoms with Crippen LogP contribution in [0.25, 0.3) is 5.65 Å². The van der Waals surface area contributed by atoms with Gasteiger partial charge in [0.05, 0.1) is 17.3 Å². The van der Waals surface area contributed by atoms with Gasteiger partial charge < -0.3 is 20.5 Å². The molecule has 0 saturated heterocycles. The minimum absolute atomic E-state index is 0.208. The van der Waals surface area contributed by atoms with E-state index >= 15 is 0 Å². The quantitative estimate of drug-likeness (QED) is 0.314. The summed E-state index contributed by atoms with van der Waals surface area (Å²) < 4.78 is 40.5. The smallest absolute Gasteiger partial charge is 0.404 e. The number of hydrogen-bond donors (Lipinski definition) is 2. The number of hydrogen-bond acceptors (Lipinski definition) is 5. The van der Waals surface area contributed by atoms with Gasteiger partial charge in [0, 0.05) is 6.20 Å². The molecule has 0 fully saturated rings. The molecule has 2 amide bonds. The predicted octanol–water partition coefficient (Wildman–Crippen LogP) is 4.71. The standard InChI is InChI=1S/C28H28F2N4O4/c1-17-25(27(35)33-23(18(2)38-28(31)36)14-13-19-8-4-3-5-9-19)34-15-7-12-24(26(34)32-17)37-16-20-21(29)10-6-11-22(20)30/h3-12,15,18,23H,13-14,16H2,1-2H3,(H2,31,36)(H,33,35)/t18-,23?/m1/s1. The fourth-order valence-corrected chi connectivity index (χ4v) is 4.26. The Balaban J connectivity index is 1.56. The van der Waals surface area contributed by atoms with E-state index in [4.69, 9.17) is 15.2 Å². The number of halogens is 2. The highest BCUT2D eigenvalue weighted by atomic mass is 19.1. The molecule has 0 aliphatic heterocycles. The van der Waals surface area contributed by atoms with Gasteiger partial charge in [-0.1, -0.05) is 36.4 Å². The SMILES string of the molecule is Cc1nc2c(OCc3c(F)cccc3F)cccn2c1C(=O)NC(CCc1ccccc1)[C@@H](C)OC(N)=O. The van der Waals surface area contributed by atoms with E-state index in [1.54, 1.807) is 36.6 Å². The molecule has 1 unspecified atom stereocenters. The van der Waals surface area contributed by atoms with Crippen LogP contribution in [0.3, 0.4) is 0 Å². The fraction of sp³-hybridized carbons (Fsp3) is 0.250. The number of primary amides is 1. The molecule has 0 spiro atoms. The first-order chi connectivity index (χ1) is 18.2. The highest BCUT2D eigenvalue weighted by Crippen LogP contribution is 2.24. The minimum Gasteiger partial charge on any atom is -0.485 e. The second kappa shape index (κ2) is 11.7. The van der Waals surface area contributed by atoms with Crippen LogP contribution in [0.2, 0.25) is 0 Å². The van der Waals surface area contributed by atoms with Gasteiger partial charge in [0.25, 0.3) is 5.91 Å². The summed E-state index contributed by atoms with van der Waals surface area (Å²) in [5, 5.41) is 2.95. The first-order valence-electron chi connectivity index (χ1n) is 12.1. The molecule has 2 aromatic carbocycles. The number of fused-ring (bicyclic) bond motifs is 1. The molecule has 2 atom stereocenters. The molecule has 4 rings (SSSR count). The summed E-state index contributed by atoms with van der Waals surface area (Å²) in [5.41, 5.74) is 7.06. The third kappa shape index (κ3) is 6.08. The van der Waals surface area contributed by atoms with Gasteiger partial charge in [0.2, 0.25) is 0 Å². The van der Waals surface area contributed by atoms with Crippen LogP contribution in [-0.4, -0.2) is 33.5 Å². The zero-order valence-corrected chi connectivity index (χ0v) is 21.0. The molecular formula is C28H28F2N4O4. The van der Waals surface area contributed by atoms with Gasteiger partial charge in [-0.25, -0.2) is 18.6 Å². The van der Waals surface area contributed by atoms with Crippen LogP contribution in [0.15, 0.2) is 66.9 Å². The Bertz CT molecular complexity index is 1420. The van der Waals surface area contributed by atoms with Crippen molar-refractivity contribution in [3.8, 4) is 5.75 Å². The summed E-state index contributed by atoms with van der Waals surface area (Å²) in [7, 11) is 0. The summed E-state index contributed by atoms with van der Waals surface area (Å²) in [6.45, 7) is 2.98. The highest BCUT2D eigenvalue weighted by molar-refractivity contribution is 5.95. The van der Waals surface area contributed by atoms with Gasteiger partial charge in [-0.05, 0) is 56.5 Å². The number of benzene rings is 2. The molecule has 2 heterocycles. The van der Waals surface area contributed by atoms with Crippen LogP contribution in [0.5, 0.6) is 5.75 Å². The summed E-state index contributed by atoms with van der Waals surface area (Å²) in [5.74, 6) is -1.62. The molecule has 10 heteroatoms. The minimum atomic E-state index is -0.935.